The van der Waals surface area contributed by atoms with E-state index in [1.807, 2.05) is 0 Å². The largest absolute Gasteiger partial charge is 0.381 e. The van der Waals surface area contributed by atoms with Crippen molar-refractivity contribution in [3.63, 3.8) is 0 Å². The number of benzene rings is 1. The van der Waals surface area contributed by atoms with Gasteiger partial charge in [0.2, 0.25) is 10.0 Å². The van der Waals surface area contributed by atoms with Gasteiger partial charge in [-0.2, -0.15) is 0 Å². The number of hydrogen-bond acceptors (Lipinski definition) is 4. The zero-order valence-electron chi connectivity index (χ0n) is 11.1. The van der Waals surface area contributed by atoms with Gasteiger partial charge in [-0.1, -0.05) is 11.6 Å². The molecule has 0 saturated heterocycles. The van der Waals surface area contributed by atoms with Gasteiger partial charge >= 0.3 is 0 Å². The van der Waals surface area contributed by atoms with Gasteiger partial charge in [0, 0.05) is 17.6 Å². The predicted molar refractivity (Wildman–Crippen MR) is 81.8 cm³/mol. The van der Waals surface area contributed by atoms with E-state index in [4.69, 9.17) is 21.5 Å². The summed E-state index contributed by atoms with van der Waals surface area (Å²) in [5, 5.41) is 8.00. The van der Waals surface area contributed by atoms with Crippen LogP contribution in [0, 0.1) is 0 Å². The van der Waals surface area contributed by atoms with Crippen LogP contribution in [0.3, 0.4) is 0 Å². The van der Waals surface area contributed by atoms with E-state index in [2.05, 4.69) is 21.2 Å². The van der Waals surface area contributed by atoms with E-state index in [1.54, 1.807) is 7.11 Å². The van der Waals surface area contributed by atoms with Crippen LogP contribution >= 0.6 is 27.5 Å². The number of halogens is 2. The molecule has 1 saturated carbocycles. The number of sulfonamides is 1. The summed E-state index contributed by atoms with van der Waals surface area (Å²) in [7, 11) is -2.30. The second-order valence-electron chi connectivity index (χ2n) is 4.81. The van der Waals surface area contributed by atoms with E-state index in [9.17, 15) is 13.2 Å². The van der Waals surface area contributed by atoms with Gasteiger partial charge in [-0.15, -0.1) is 0 Å². The topological polar surface area (TPSA) is 98.5 Å². The Morgan fingerprint density at radius 3 is 2.62 bits per heavy atom. The van der Waals surface area contributed by atoms with E-state index in [0.29, 0.717) is 4.47 Å². The fourth-order valence-electron chi connectivity index (χ4n) is 2.03. The first-order chi connectivity index (χ1) is 9.72. The Bertz CT molecular complexity index is 674. The molecule has 0 unspecified atom stereocenters. The highest BCUT2D eigenvalue weighted by Gasteiger charge is 2.31. The average molecular weight is 398 g/mol. The molecule has 0 atom stereocenters. The molecule has 0 spiro atoms. The van der Waals surface area contributed by atoms with Crippen molar-refractivity contribution < 1.29 is 17.9 Å². The maximum atomic E-state index is 12.2. The van der Waals surface area contributed by atoms with Crippen molar-refractivity contribution in [2.75, 3.05) is 7.11 Å². The number of rotatable bonds is 4. The summed E-state index contributed by atoms with van der Waals surface area (Å²) in [6, 6.07) is 2.43. The minimum absolute atomic E-state index is 0.00423. The van der Waals surface area contributed by atoms with Crippen LogP contribution in [0.4, 0.5) is 0 Å². The molecule has 21 heavy (non-hydrogen) atoms. The van der Waals surface area contributed by atoms with Crippen molar-refractivity contribution in [2.24, 2.45) is 5.14 Å². The molecule has 0 bridgehead atoms. The Morgan fingerprint density at radius 2 is 2.10 bits per heavy atom. The molecule has 3 N–H and O–H groups in total. The lowest BCUT2D eigenvalue weighted by atomic mass is 9.89. The first-order valence-corrected chi connectivity index (χ1v) is 8.79. The van der Waals surface area contributed by atoms with Crippen molar-refractivity contribution >= 4 is 43.5 Å². The molecule has 0 aliphatic heterocycles. The number of nitrogens with two attached hydrogens (primary N) is 1. The van der Waals surface area contributed by atoms with Crippen molar-refractivity contribution in [3.05, 3.63) is 27.2 Å². The van der Waals surface area contributed by atoms with E-state index in [-0.39, 0.29) is 27.6 Å². The highest BCUT2D eigenvalue weighted by Crippen LogP contribution is 2.30. The lowest BCUT2D eigenvalue weighted by molar-refractivity contribution is 0.0176. The molecule has 1 fully saturated rings. The molecule has 0 heterocycles. The van der Waals surface area contributed by atoms with E-state index in [1.165, 1.54) is 12.1 Å². The molecule has 116 valence electrons. The number of primary sulfonamides is 1. The summed E-state index contributed by atoms with van der Waals surface area (Å²) in [6.45, 7) is 0. The molecule has 0 aromatic heterocycles. The normalized spacial score (nSPS) is 21.7. The van der Waals surface area contributed by atoms with Crippen molar-refractivity contribution in [1.82, 2.24) is 5.32 Å². The number of amides is 1. The average Bonchev–Trinajstić information content (AvgIpc) is 2.34. The number of hydrogen-bond donors (Lipinski definition) is 2. The van der Waals surface area contributed by atoms with Gasteiger partial charge in [0.05, 0.1) is 21.6 Å². The summed E-state index contributed by atoms with van der Waals surface area (Å²) < 4.78 is 28.2. The summed E-state index contributed by atoms with van der Waals surface area (Å²) >= 11 is 9.17. The van der Waals surface area contributed by atoms with Crippen LogP contribution in [0.25, 0.3) is 0 Å². The minimum atomic E-state index is -3.92. The molecule has 1 aliphatic carbocycles. The van der Waals surface area contributed by atoms with Crippen molar-refractivity contribution in [3.8, 4) is 0 Å². The zero-order valence-corrected chi connectivity index (χ0v) is 14.3. The molecule has 1 aromatic carbocycles. The molecule has 1 aromatic rings. The number of nitrogens with one attached hydrogen (secondary N) is 1. The van der Waals surface area contributed by atoms with Crippen molar-refractivity contribution in [1.29, 1.82) is 0 Å². The van der Waals surface area contributed by atoms with Gasteiger partial charge in [0.1, 0.15) is 0 Å². The Kier molecular flexibility index (Phi) is 4.94. The molecule has 1 amide bonds. The summed E-state index contributed by atoms with van der Waals surface area (Å²) in [5.41, 5.74) is 0.0657. The number of carbonyl (C=O) groups excluding carboxylic acids is 1. The third-order valence-corrected chi connectivity index (χ3v) is 5.49. The summed E-state index contributed by atoms with van der Waals surface area (Å²) in [6.07, 6.45) is 1.58. The smallest absolute Gasteiger partial charge is 0.253 e. The van der Waals surface area contributed by atoms with Crippen LogP contribution in [-0.4, -0.2) is 33.6 Å². The molecule has 9 heteroatoms. The monoisotopic (exact) mass is 396 g/mol. The third kappa shape index (κ3) is 3.75. The van der Waals surface area contributed by atoms with Crippen LogP contribution < -0.4 is 10.5 Å². The summed E-state index contributed by atoms with van der Waals surface area (Å²) in [5.74, 6) is -0.439. The van der Waals surface area contributed by atoms with Gasteiger partial charge < -0.3 is 10.1 Å². The molecule has 2 rings (SSSR count). The maximum absolute atomic E-state index is 12.2. The van der Waals surface area contributed by atoms with Gasteiger partial charge in [0.15, 0.2) is 0 Å². The van der Waals surface area contributed by atoms with Crippen LogP contribution in [-0.2, 0) is 14.8 Å². The molecular formula is C12H14BrClN2O4S. The van der Waals surface area contributed by atoms with Crippen LogP contribution in [0.2, 0.25) is 5.02 Å². The number of ether oxygens (including phenoxy) is 1. The Balaban J connectivity index is 2.22. The zero-order chi connectivity index (χ0) is 15.8. The second-order valence-corrected chi connectivity index (χ2v) is 7.60. The minimum Gasteiger partial charge on any atom is -0.381 e. The first kappa shape index (κ1) is 16.7. The van der Waals surface area contributed by atoms with Gasteiger partial charge in [0.25, 0.3) is 5.91 Å². The third-order valence-electron chi connectivity index (χ3n) is 3.34. The second kappa shape index (κ2) is 6.21. The van der Waals surface area contributed by atoms with Crippen LogP contribution in [0.1, 0.15) is 23.2 Å². The van der Waals surface area contributed by atoms with Gasteiger partial charge in [-0.05, 0) is 40.9 Å². The fourth-order valence-corrected chi connectivity index (χ4v) is 3.40. The van der Waals surface area contributed by atoms with E-state index >= 15 is 0 Å². The van der Waals surface area contributed by atoms with Crippen LogP contribution in [0.15, 0.2) is 21.5 Å². The van der Waals surface area contributed by atoms with Gasteiger partial charge in [-0.3, -0.25) is 4.79 Å². The Labute approximate surface area is 136 Å². The number of methoxy groups -OCH3 is 1. The molecule has 0 radical (unpaired) electrons. The Morgan fingerprint density at radius 1 is 1.48 bits per heavy atom. The molecular weight excluding hydrogens is 384 g/mol. The van der Waals surface area contributed by atoms with E-state index < -0.39 is 15.9 Å². The summed E-state index contributed by atoms with van der Waals surface area (Å²) in [4.78, 5) is 12.0. The maximum Gasteiger partial charge on any atom is 0.253 e. The first-order valence-electron chi connectivity index (χ1n) is 6.08. The Hall–Kier alpha value is -0.670. The van der Waals surface area contributed by atoms with Crippen LogP contribution in [0.5, 0.6) is 0 Å². The highest BCUT2D eigenvalue weighted by atomic mass is 79.9. The lowest BCUT2D eigenvalue weighted by Crippen LogP contribution is -2.47. The predicted octanol–water partition coefficient (Wildman–Crippen LogP) is 1.66. The highest BCUT2D eigenvalue weighted by molar-refractivity contribution is 9.10. The SMILES string of the molecule is COC1CC(NC(=O)c2cc(S(N)(=O)=O)cc(Br)c2Cl)C1. The van der Waals surface area contributed by atoms with Crippen molar-refractivity contribution in [2.45, 2.75) is 29.9 Å². The van der Waals surface area contributed by atoms with Gasteiger partial charge in [-0.25, -0.2) is 13.6 Å². The fraction of sp³-hybridized carbons (Fsp3) is 0.417. The van der Waals surface area contributed by atoms with E-state index in [0.717, 1.165) is 12.8 Å². The lowest BCUT2D eigenvalue weighted by Gasteiger charge is -2.34. The molecule has 6 nitrogen and oxygen atoms in total. The number of carbonyl (C=O) groups is 1. The molecule has 1 aliphatic rings. The standard InChI is InChI=1S/C12H14BrClN2O4S/c1-20-7-2-6(3-7)16-12(17)9-4-8(21(15,18)19)5-10(13)11(9)14/h4-7H,2-3H2,1H3,(H,16,17)(H2,15,18,19). The quantitative estimate of drug-likeness (QED) is 0.807.